The van der Waals surface area contributed by atoms with Crippen molar-refractivity contribution >= 4 is 0 Å². The van der Waals surface area contributed by atoms with Gasteiger partial charge in [-0.1, -0.05) is 6.42 Å². The third kappa shape index (κ3) is 4.08. The zero-order valence-corrected chi connectivity index (χ0v) is 8.58. The highest BCUT2D eigenvalue weighted by Gasteiger charge is 1.93. The zero-order valence-electron chi connectivity index (χ0n) is 8.58. The number of aryl methyl sites for hydroxylation is 2. The first-order valence-corrected chi connectivity index (χ1v) is 4.95. The Hall–Kier alpha value is -0.830. The molecule has 0 atom stereocenters. The molecule has 0 saturated carbocycles. The number of hydrogen-bond acceptors (Lipinski definition) is 2. The van der Waals surface area contributed by atoms with E-state index in [4.69, 9.17) is 0 Å². The molecule has 2 rings (SSSR count). The predicted octanol–water partition coefficient (Wildman–Crippen LogP) is 1.49. The second-order valence-electron chi connectivity index (χ2n) is 3.40. The van der Waals surface area contributed by atoms with Gasteiger partial charge in [0.15, 0.2) is 0 Å². The number of hydrogen-bond donors (Lipinski definition) is 1. The highest BCUT2D eigenvalue weighted by atomic mass is 15.0. The highest BCUT2D eigenvalue weighted by Crippen LogP contribution is 1.96. The minimum absolute atomic E-state index is 1.06. The van der Waals surface area contributed by atoms with Crippen molar-refractivity contribution in [3.63, 3.8) is 0 Å². The van der Waals surface area contributed by atoms with Gasteiger partial charge in [0.1, 0.15) is 5.82 Å². The van der Waals surface area contributed by atoms with Gasteiger partial charge in [0, 0.05) is 19.4 Å². The molecule has 1 aromatic heterocycles. The summed E-state index contributed by atoms with van der Waals surface area (Å²) in [6.45, 7) is 4.47. The molecule has 0 aromatic carbocycles. The van der Waals surface area contributed by atoms with E-state index in [0.717, 1.165) is 5.82 Å². The molecule has 0 bridgehead atoms. The fourth-order valence-electron chi connectivity index (χ4n) is 1.24. The quantitative estimate of drug-likeness (QED) is 0.657. The Labute approximate surface area is 80.2 Å². The molecule has 1 N–H and O–H groups in total. The van der Waals surface area contributed by atoms with Gasteiger partial charge in [0.2, 0.25) is 0 Å². The van der Waals surface area contributed by atoms with E-state index in [9.17, 15) is 0 Å². The summed E-state index contributed by atoms with van der Waals surface area (Å²) in [6.07, 6.45) is 7.93. The van der Waals surface area contributed by atoms with Crippen LogP contribution in [-0.4, -0.2) is 22.6 Å². The Balaban J connectivity index is 0.000000132. The van der Waals surface area contributed by atoms with Crippen LogP contribution < -0.4 is 5.32 Å². The van der Waals surface area contributed by atoms with Crippen LogP contribution in [0.3, 0.4) is 0 Å². The van der Waals surface area contributed by atoms with Gasteiger partial charge in [-0.2, -0.15) is 0 Å². The first-order valence-electron chi connectivity index (χ1n) is 4.95. The molecule has 2 heterocycles. The van der Waals surface area contributed by atoms with Crippen molar-refractivity contribution in [3.8, 4) is 0 Å². The third-order valence-electron chi connectivity index (χ3n) is 2.27. The van der Waals surface area contributed by atoms with Crippen molar-refractivity contribution in [1.82, 2.24) is 14.9 Å². The molecule has 0 spiro atoms. The van der Waals surface area contributed by atoms with Crippen LogP contribution in [-0.2, 0) is 7.05 Å². The lowest BCUT2D eigenvalue weighted by Crippen LogP contribution is -2.21. The topological polar surface area (TPSA) is 29.9 Å². The lowest BCUT2D eigenvalue weighted by molar-refractivity contribution is 0.520. The fraction of sp³-hybridized carbons (Fsp3) is 0.700. The van der Waals surface area contributed by atoms with Crippen molar-refractivity contribution in [2.24, 2.45) is 7.05 Å². The van der Waals surface area contributed by atoms with Crippen molar-refractivity contribution in [1.29, 1.82) is 0 Å². The Morgan fingerprint density at radius 3 is 2.15 bits per heavy atom. The molecule has 3 heteroatoms. The SMILES string of the molecule is C1CCNCC1.Cc1nccn1C. The summed E-state index contributed by atoms with van der Waals surface area (Å²) in [7, 11) is 1.97. The molecule has 74 valence electrons. The Morgan fingerprint density at radius 1 is 1.31 bits per heavy atom. The van der Waals surface area contributed by atoms with E-state index < -0.39 is 0 Å². The van der Waals surface area contributed by atoms with Gasteiger partial charge in [-0.15, -0.1) is 0 Å². The van der Waals surface area contributed by atoms with E-state index in [1.165, 1.54) is 32.4 Å². The maximum Gasteiger partial charge on any atom is 0.105 e. The van der Waals surface area contributed by atoms with Gasteiger partial charge in [-0.25, -0.2) is 4.98 Å². The third-order valence-corrected chi connectivity index (χ3v) is 2.27. The minimum atomic E-state index is 1.06. The summed E-state index contributed by atoms with van der Waals surface area (Å²) in [5.41, 5.74) is 0. The van der Waals surface area contributed by atoms with E-state index in [1.54, 1.807) is 6.20 Å². The van der Waals surface area contributed by atoms with E-state index in [1.807, 2.05) is 24.7 Å². The van der Waals surface area contributed by atoms with Crippen LogP contribution in [0.25, 0.3) is 0 Å². The molecular formula is C10H19N3. The minimum Gasteiger partial charge on any atom is -0.338 e. The largest absolute Gasteiger partial charge is 0.338 e. The molecule has 0 aliphatic carbocycles. The highest BCUT2D eigenvalue weighted by molar-refractivity contribution is 4.85. The number of rotatable bonds is 0. The fourth-order valence-corrected chi connectivity index (χ4v) is 1.24. The molecule has 1 fully saturated rings. The normalized spacial score (nSPS) is 16.2. The lowest BCUT2D eigenvalue weighted by atomic mass is 10.2. The van der Waals surface area contributed by atoms with E-state index in [-0.39, 0.29) is 0 Å². The van der Waals surface area contributed by atoms with Crippen molar-refractivity contribution in [3.05, 3.63) is 18.2 Å². The van der Waals surface area contributed by atoms with E-state index in [0.29, 0.717) is 0 Å². The van der Waals surface area contributed by atoms with Crippen LogP contribution in [0, 0.1) is 6.92 Å². The summed E-state index contributed by atoms with van der Waals surface area (Å²) >= 11 is 0. The smallest absolute Gasteiger partial charge is 0.105 e. The van der Waals surface area contributed by atoms with Crippen molar-refractivity contribution < 1.29 is 0 Å². The molecule has 0 radical (unpaired) electrons. The summed E-state index contributed by atoms with van der Waals surface area (Å²) in [6, 6.07) is 0. The van der Waals surface area contributed by atoms with Crippen molar-refractivity contribution in [2.45, 2.75) is 26.2 Å². The molecule has 1 aliphatic heterocycles. The monoisotopic (exact) mass is 181 g/mol. The van der Waals surface area contributed by atoms with Gasteiger partial charge in [0.05, 0.1) is 0 Å². The Bertz CT molecular complexity index is 198. The number of imidazole rings is 1. The maximum absolute atomic E-state index is 3.98. The first kappa shape index (κ1) is 10.3. The number of aromatic nitrogens is 2. The van der Waals surface area contributed by atoms with Gasteiger partial charge < -0.3 is 9.88 Å². The van der Waals surface area contributed by atoms with Crippen LogP contribution >= 0.6 is 0 Å². The molecule has 1 aliphatic rings. The van der Waals surface area contributed by atoms with Crippen LogP contribution in [0.5, 0.6) is 0 Å². The average Bonchev–Trinajstić information content (AvgIpc) is 2.55. The van der Waals surface area contributed by atoms with E-state index in [2.05, 4.69) is 10.3 Å². The van der Waals surface area contributed by atoms with Gasteiger partial charge in [0.25, 0.3) is 0 Å². The lowest BCUT2D eigenvalue weighted by Gasteiger charge is -2.08. The molecule has 3 nitrogen and oxygen atoms in total. The van der Waals surface area contributed by atoms with Gasteiger partial charge in [-0.3, -0.25) is 0 Å². The second-order valence-corrected chi connectivity index (χ2v) is 3.40. The van der Waals surface area contributed by atoms with Crippen LogP contribution in [0.1, 0.15) is 25.1 Å². The molecule has 0 amide bonds. The zero-order chi connectivity index (χ0) is 9.52. The van der Waals surface area contributed by atoms with Crippen molar-refractivity contribution in [2.75, 3.05) is 13.1 Å². The molecule has 13 heavy (non-hydrogen) atoms. The number of nitrogens with zero attached hydrogens (tertiary/aromatic N) is 2. The average molecular weight is 181 g/mol. The second kappa shape index (κ2) is 5.75. The van der Waals surface area contributed by atoms with Gasteiger partial charge in [-0.05, 0) is 32.9 Å². The first-order chi connectivity index (χ1) is 6.30. The molecule has 0 unspecified atom stereocenters. The van der Waals surface area contributed by atoms with E-state index >= 15 is 0 Å². The van der Waals surface area contributed by atoms with Crippen LogP contribution in [0.4, 0.5) is 0 Å². The summed E-state index contributed by atoms with van der Waals surface area (Å²) in [5.74, 6) is 1.06. The molecule has 1 aromatic rings. The van der Waals surface area contributed by atoms with Crippen LogP contribution in [0.15, 0.2) is 12.4 Å². The Kier molecular flexibility index (Phi) is 4.54. The molecular weight excluding hydrogens is 162 g/mol. The molecule has 1 saturated heterocycles. The Morgan fingerprint density at radius 2 is 2.00 bits per heavy atom. The number of nitrogens with one attached hydrogen (secondary N) is 1. The standard InChI is InChI=1S/C5H8N2.C5H11N/c1-5-6-3-4-7(5)2;1-2-4-6-5-3-1/h3-4H,1-2H3;6H,1-5H2. The predicted molar refractivity (Wildman–Crippen MR) is 54.7 cm³/mol. The maximum atomic E-state index is 3.98. The number of piperidine rings is 1. The van der Waals surface area contributed by atoms with Crippen LogP contribution in [0.2, 0.25) is 0 Å². The van der Waals surface area contributed by atoms with Gasteiger partial charge >= 0.3 is 0 Å². The summed E-state index contributed by atoms with van der Waals surface area (Å²) in [4.78, 5) is 3.98. The summed E-state index contributed by atoms with van der Waals surface area (Å²) in [5, 5.41) is 3.28. The summed E-state index contributed by atoms with van der Waals surface area (Å²) < 4.78 is 1.97.